The fourth-order valence-corrected chi connectivity index (χ4v) is 2.89. The predicted molar refractivity (Wildman–Crippen MR) is 70.7 cm³/mol. The van der Waals surface area contributed by atoms with Crippen LogP contribution in [0.3, 0.4) is 0 Å². The van der Waals surface area contributed by atoms with E-state index < -0.39 is 0 Å². The van der Waals surface area contributed by atoms with Gasteiger partial charge in [-0.15, -0.1) is 0 Å². The predicted octanol–water partition coefficient (Wildman–Crippen LogP) is 1.69. The first-order chi connectivity index (χ1) is 7.99. The third-order valence-corrected chi connectivity index (χ3v) is 4.61. The van der Waals surface area contributed by atoms with Crippen molar-refractivity contribution < 1.29 is 5.11 Å². The van der Waals surface area contributed by atoms with Crippen LogP contribution >= 0.6 is 15.9 Å². The molecule has 0 radical (unpaired) electrons. The van der Waals surface area contributed by atoms with Crippen LogP contribution in [0.5, 0.6) is 0 Å². The quantitative estimate of drug-likeness (QED) is 0.904. The minimum atomic E-state index is -0.136. The van der Waals surface area contributed by atoms with Gasteiger partial charge in [0.2, 0.25) is 0 Å². The molecule has 1 aromatic heterocycles. The maximum atomic E-state index is 9.72. The summed E-state index contributed by atoms with van der Waals surface area (Å²) in [5.74, 6) is 0.358. The van der Waals surface area contributed by atoms with Crippen molar-refractivity contribution in [2.24, 2.45) is 13.0 Å². The van der Waals surface area contributed by atoms with Gasteiger partial charge in [0.25, 0.3) is 0 Å². The molecular formula is C12H20BrN3O. The fraction of sp³-hybridized carbons (Fsp3) is 0.750. The van der Waals surface area contributed by atoms with E-state index >= 15 is 0 Å². The summed E-state index contributed by atoms with van der Waals surface area (Å²) in [6.07, 6.45) is 0.735. The van der Waals surface area contributed by atoms with E-state index in [9.17, 15) is 5.11 Å². The number of aliphatic hydroxyl groups is 1. The normalized spacial score (nSPS) is 26.4. The molecule has 96 valence electrons. The Hall–Kier alpha value is -0.390. The molecule has 1 aliphatic heterocycles. The molecule has 1 fully saturated rings. The lowest BCUT2D eigenvalue weighted by atomic mass is 9.97. The van der Waals surface area contributed by atoms with E-state index in [-0.39, 0.29) is 6.10 Å². The van der Waals surface area contributed by atoms with Gasteiger partial charge in [0, 0.05) is 26.7 Å². The van der Waals surface area contributed by atoms with E-state index in [0.29, 0.717) is 5.92 Å². The third-order valence-electron chi connectivity index (χ3n) is 3.58. The van der Waals surface area contributed by atoms with E-state index in [1.165, 1.54) is 5.69 Å². The Kier molecular flexibility index (Phi) is 3.90. The highest BCUT2D eigenvalue weighted by atomic mass is 79.9. The smallest absolute Gasteiger partial charge is 0.0739 e. The number of rotatable bonds is 2. The summed E-state index contributed by atoms with van der Waals surface area (Å²) in [6, 6.07) is 0. The molecule has 0 bridgehead atoms. The van der Waals surface area contributed by atoms with E-state index in [1.807, 2.05) is 18.7 Å². The Morgan fingerprint density at radius 3 is 2.76 bits per heavy atom. The summed E-state index contributed by atoms with van der Waals surface area (Å²) >= 11 is 3.60. The summed E-state index contributed by atoms with van der Waals surface area (Å²) in [5, 5.41) is 14.1. The third kappa shape index (κ3) is 2.72. The Balaban J connectivity index is 2.06. The second-order valence-electron chi connectivity index (χ2n) is 5.04. The zero-order chi connectivity index (χ0) is 12.6. The number of aliphatic hydroxyl groups excluding tert-OH is 1. The summed E-state index contributed by atoms with van der Waals surface area (Å²) in [7, 11) is 1.98. The van der Waals surface area contributed by atoms with E-state index in [1.54, 1.807) is 0 Å². The van der Waals surface area contributed by atoms with Crippen molar-refractivity contribution in [2.75, 3.05) is 13.1 Å². The van der Waals surface area contributed by atoms with Crippen molar-refractivity contribution in [3.05, 3.63) is 15.9 Å². The van der Waals surface area contributed by atoms with Gasteiger partial charge in [-0.3, -0.25) is 9.58 Å². The van der Waals surface area contributed by atoms with Gasteiger partial charge in [-0.1, -0.05) is 6.92 Å². The van der Waals surface area contributed by atoms with Crippen molar-refractivity contribution in [3.63, 3.8) is 0 Å². The lowest BCUT2D eigenvalue weighted by Gasteiger charge is -2.34. The number of hydrogen-bond acceptors (Lipinski definition) is 3. The standard InChI is InChI=1S/C12H20BrN3O/c1-8-6-16(5-4-11(8)17)7-10-12(13)9(2)14-15(10)3/h8,11,17H,4-7H2,1-3H3. The average molecular weight is 302 g/mol. The molecule has 0 amide bonds. The van der Waals surface area contributed by atoms with Gasteiger partial charge in [-0.05, 0) is 35.2 Å². The van der Waals surface area contributed by atoms with Crippen LogP contribution in [0.15, 0.2) is 4.47 Å². The summed E-state index contributed by atoms with van der Waals surface area (Å²) in [5.41, 5.74) is 2.25. The summed E-state index contributed by atoms with van der Waals surface area (Å²) in [6.45, 7) is 6.94. The van der Waals surface area contributed by atoms with Gasteiger partial charge < -0.3 is 5.11 Å². The Labute approximate surface area is 111 Å². The van der Waals surface area contributed by atoms with Crippen LogP contribution in [0.1, 0.15) is 24.7 Å². The van der Waals surface area contributed by atoms with E-state index in [0.717, 1.165) is 36.2 Å². The van der Waals surface area contributed by atoms with Crippen molar-refractivity contribution in [1.29, 1.82) is 0 Å². The van der Waals surface area contributed by atoms with E-state index in [2.05, 4.69) is 32.9 Å². The maximum Gasteiger partial charge on any atom is 0.0739 e. The zero-order valence-electron chi connectivity index (χ0n) is 10.6. The number of nitrogens with zero attached hydrogens (tertiary/aromatic N) is 3. The minimum absolute atomic E-state index is 0.136. The van der Waals surface area contributed by atoms with Crippen molar-refractivity contribution in [2.45, 2.75) is 32.9 Å². The molecule has 2 unspecified atom stereocenters. The first-order valence-corrected chi connectivity index (χ1v) is 6.86. The van der Waals surface area contributed by atoms with Crippen LogP contribution < -0.4 is 0 Å². The molecule has 1 saturated heterocycles. The van der Waals surface area contributed by atoms with Gasteiger partial charge in [0.05, 0.1) is 22.0 Å². The molecule has 2 atom stereocenters. The van der Waals surface area contributed by atoms with Crippen LogP contribution in [0.25, 0.3) is 0 Å². The number of halogens is 1. The maximum absolute atomic E-state index is 9.72. The lowest BCUT2D eigenvalue weighted by Crippen LogP contribution is -2.41. The topological polar surface area (TPSA) is 41.3 Å². The molecule has 2 heterocycles. The van der Waals surface area contributed by atoms with E-state index in [4.69, 9.17) is 0 Å². The lowest BCUT2D eigenvalue weighted by molar-refractivity contribution is 0.0311. The zero-order valence-corrected chi connectivity index (χ0v) is 12.2. The van der Waals surface area contributed by atoms with Crippen LogP contribution in [0, 0.1) is 12.8 Å². The Bertz CT molecular complexity index is 405. The molecule has 4 nitrogen and oxygen atoms in total. The van der Waals surface area contributed by atoms with Crippen molar-refractivity contribution in [3.8, 4) is 0 Å². The SMILES string of the molecule is Cc1nn(C)c(CN2CCC(O)C(C)C2)c1Br. The number of aryl methyl sites for hydroxylation is 2. The molecule has 17 heavy (non-hydrogen) atoms. The average Bonchev–Trinajstić information content (AvgIpc) is 2.50. The van der Waals surface area contributed by atoms with Crippen LogP contribution in [-0.4, -0.2) is 39.0 Å². The number of piperidine rings is 1. The number of hydrogen-bond donors (Lipinski definition) is 1. The molecule has 0 saturated carbocycles. The molecule has 0 aliphatic carbocycles. The number of likely N-dealkylation sites (tertiary alicyclic amines) is 1. The Morgan fingerprint density at radius 2 is 2.24 bits per heavy atom. The number of aromatic nitrogens is 2. The monoisotopic (exact) mass is 301 g/mol. The molecule has 2 rings (SSSR count). The van der Waals surface area contributed by atoms with Crippen LogP contribution in [-0.2, 0) is 13.6 Å². The molecule has 1 aromatic rings. The highest BCUT2D eigenvalue weighted by molar-refractivity contribution is 9.10. The summed E-state index contributed by atoms with van der Waals surface area (Å²) in [4.78, 5) is 2.39. The first-order valence-electron chi connectivity index (χ1n) is 6.07. The van der Waals surface area contributed by atoms with Gasteiger partial charge in [0.15, 0.2) is 0 Å². The first kappa shape index (κ1) is 13.1. The summed E-state index contributed by atoms with van der Waals surface area (Å²) < 4.78 is 3.05. The molecule has 1 N–H and O–H groups in total. The second-order valence-corrected chi connectivity index (χ2v) is 5.83. The highest BCUT2D eigenvalue weighted by Gasteiger charge is 2.25. The van der Waals surface area contributed by atoms with Gasteiger partial charge >= 0.3 is 0 Å². The van der Waals surface area contributed by atoms with Crippen molar-refractivity contribution in [1.82, 2.24) is 14.7 Å². The molecule has 5 heteroatoms. The van der Waals surface area contributed by atoms with Crippen LogP contribution in [0.2, 0.25) is 0 Å². The van der Waals surface area contributed by atoms with Gasteiger partial charge in [-0.2, -0.15) is 5.10 Å². The molecule has 1 aliphatic rings. The molecule has 0 spiro atoms. The Morgan fingerprint density at radius 1 is 1.53 bits per heavy atom. The largest absolute Gasteiger partial charge is 0.393 e. The second kappa shape index (κ2) is 5.08. The molecule has 0 aromatic carbocycles. The van der Waals surface area contributed by atoms with Gasteiger partial charge in [0.1, 0.15) is 0 Å². The van der Waals surface area contributed by atoms with Gasteiger partial charge in [-0.25, -0.2) is 0 Å². The van der Waals surface area contributed by atoms with Crippen LogP contribution in [0.4, 0.5) is 0 Å². The highest BCUT2D eigenvalue weighted by Crippen LogP contribution is 2.24. The van der Waals surface area contributed by atoms with Crippen molar-refractivity contribution >= 4 is 15.9 Å². The minimum Gasteiger partial charge on any atom is -0.393 e. The fourth-order valence-electron chi connectivity index (χ4n) is 2.43. The molecular weight excluding hydrogens is 282 g/mol.